The van der Waals surface area contributed by atoms with Gasteiger partial charge in [-0.05, 0) is 70.3 Å². The predicted octanol–water partition coefficient (Wildman–Crippen LogP) is 5.70. The van der Waals surface area contributed by atoms with Gasteiger partial charge in [-0.15, -0.1) is 11.3 Å². The SMILES string of the molecule is CCOC(NC(=O)CCC(=O)N(Cc1ccco1)C1CCC(c2cccs2)(N(C)C)CC1)c1ccccc1. The van der Waals surface area contributed by atoms with E-state index >= 15 is 0 Å². The van der Waals surface area contributed by atoms with E-state index in [1.54, 1.807) is 17.6 Å². The van der Waals surface area contributed by atoms with Crippen molar-refractivity contribution in [3.8, 4) is 0 Å². The molecule has 0 radical (unpaired) electrons. The third-order valence-electron chi connectivity index (χ3n) is 7.58. The third kappa shape index (κ3) is 6.73. The average molecular weight is 538 g/mol. The van der Waals surface area contributed by atoms with Crippen LogP contribution in [0.25, 0.3) is 0 Å². The van der Waals surface area contributed by atoms with Gasteiger partial charge in [0.2, 0.25) is 11.8 Å². The van der Waals surface area contributed by atoms with E-state index in [0.717, 1.165) is 37.0 Å². The topological polar surface area (TPSA) is 75.0 Å². The Balaban J connectivity index is 1.40. The van der Waals surface area contributed by atoms with Crippen molar-refractivity contribution in [1.82, 2.24) is 15.1 Å². The summed E-state index contributed by atoms with van der Waals surface area (Å²) in [7, 11) is 4.30. The van der Waals surface area contributed by atoms with Crippen molar-refractivity contribution in [2.24, 2.45) is 0 Å². The van der Waals surface area contributed by atoms with E-state index < -0.39 is 6.23 Å². The maximum atomic E-state index is 13.5. The van der Waals surface area contributed by atoms with Crippen molar-refractivity contribution in [3.05, 3.63) is 82.4 Å². The number of nitrogens with zero attached hydrogens (tertiary/aromatic N) is 2. The molecule has 1 fully saturated rings. The molecular formula is C30H39N3O4S. The molecule has 0 spiro atoms. The van der Waals surface area contributed by atoms with Crippen LogP contribution in [0.1, 0.15) is 67.9 Å². The first kappa shape index (κ1) is 28.1. The van der Waals surface area contributed by atoms with Gasteiger partial charge >= 0.3 is 0 Å². The number of benzene rings is 1. The second kappa shape index (κ2) is 13.2. The summed E-state index contributed by atoms with van der Waals surface area (Å²) in [5.41, 5.74) is 0.876. The molecule has 1 aliphatic carbocycles. The lowest BCUT2D eigenvalue weighted by Crippen LogP contribution is -2.49. The predicted molar refractivity (Wildman–Crippen MR) is 149 cm³/mol. The van der Waals surface area contributed by atoms with Gasteiger partial charge in [-0.3, -0.25) is 14.5 Å². The van der Waals surface area contributed by atoms with Gasteiger partial charge in [-0.1, -0.05) is 36.4 Å². The second-order valence-corrected chi connectivity index (χ2v) is 11.0. The largest absolute Gasteiger partial charge is 0.467 e. The lowest BCUT2D eigenvalue weighted by molar-refractivity contribution is -0.138. The maximum absolute atomic E-state index is 13.5. The summed E-state index contributed by atoms with van der Waals surface area (Å²) in [5.74, 6) is 0.528. The van der Waals surface area contributed by atoms with Crippen molar-refractivity contribution < 1.29 is 18.7 Å². The fourth-order valence-corrected chi connectivity index (χ4v) is 6.51. The van der Waals surface area contributed by atoms with E-state index in [1.807, 2.05) is 54.3 Å². The molecule has 0 bridgehead atoms. The fraction of sp³-hybridized carbons (Fsp3) is 0.467. The van der Waals surface area contributed by atoms with Crippen LogP contribution in [0.4, 0.5) is 0 Å². The molecular weight excluding hydrogens is 498 g/mol. The van der Waals surface area contributed by atoms with Crippen molar-refractivity contribution >= 4 is 23.2 Å². The Morgan fingerprint density at radius 3 is 2.45 bits per heavy atom. The highest BCUT2D eigenvalue weighted by molar-refractivity contribution is 7.10. The van der Waals surface area contributed by atoms with Crippen LogP contribution in [0, 0.1) is 0 Å². The Kier molecular flexibility index (Phi) is 9.77. The number of carbonyl (C=O) groups is 2. The Labute approximate surface area is 229 Å². The molecule has 1 atom stereocenters. The molecule has 3 aromatic rings. The molecule has 0 saturated heterocycles. The molecule has 38 heavy (non-hydrogen) atoms. The summed E-state index contributed by atoms with van der Waals surface area (Å²) in [5, 5.41) is 5.07. The number of ether oxygens (including phenoxy) is 1. The van der Waals surface area contributed by atoms with Gasteiger partial charge in [0.25, 0.3) is 0 Å². The number of furan rings is 1. The Hall–Kier alpha value is -2.94. The summed E-state index contributed by atoms with van der Waals surface area (Å²) in [4.78, 5) is 32.0. The highest BCUT2D eigenvalue weighted by atomic mass is 32.1. The fourth-order valence-electron chi connectivity index (χ4n) is 5.44. The molecule has 204 valence electrons. The van der Waals surface area contributed by atoms with Gasteiger partial charge in [0, 0.05) is 35.9 Å². The molecule has 2 aromatic heterocycles. The van der Waals surface area contributed by atoms with Gasteiger partial charge in [0.15, 0.2) is 6.23 Å². The summed E-state index contributed by atoms with van der Waals surface area (Å²) in [6, 6.07) is 17.8. The Morgan fingerprint density at radius 2 is 1.84 bits per heavy atom. The lowest BCUT2D eigenvalue weighted by atomic mass is 9.77. The minimum absolute atomic E-state index is 0.00429. The first-order valence-corrected chi connectivity index (χ1v) is 14.3. The van der Waals surface area contributed by atoms with Crippen molar-refractivity contribution in [2.75, 3.05) is 20.7 Å². The van der Waals surface area contributed by atoms with Crippen LogP contribution < -0.4 is 5.32 Å². The molecule has 1 aromatic carbocycles. The van der Waals surface area contributed by atoms with Crippen LogP contribution in [0.2, 0.25) is 0 Å². The normalized spacial score (nSPS) is 20.3. The molecule has 1 N–H and O–H groups in total. The van der Waals surface area contributed by atoms with E-state index in [1.165, 1.54) is 4.88 Å². The number of amides is 2. The van der Waals surface area contributed by atoms with Crippen LogP contribution >= 0.6 is 11.3 Å². The molecule has 8 heteroatoms. The van der Waals surface area contributed by atoms with Gasteiger partial charge in [-0.25, -0.2) is 0 Å². The number of thiophene rings is 1. The van der Waals surface area contributed by atoms with E-state index in [9.17, 15) is 9.59 Å². The first-order valence-electron chi connectivity index (χ1n) is 13.4. The molecule has 1 saturated carbocycles. The van der Waals surface area contributed by atoms with E-state index in [2.05, 4.69) is 41.8 Å². The zero-order valence-corrected chi connectivity index (χ0v) is 23.4. The number of carbonyl (C=O) groups excluding carboxylic acids is 2. The van der Waals surface area contributed by atoms with Crippen LogP contribution in [0.15, 0.2) is 70.7 Å². The van der Waals surface area contributed by atoms with Crippen molar-refractivity contribution in [1.29, 1.82) is 0 Å². The van der Waals surface area contributed by atoms with Gasteiger partial charge < -0.3 is 19.4 Å². The van der Waals surface area contributed by atoms with Gasteiger partial charge in [0.05, 0.1) is 18.3 Å². The Bertz CT molecular complexity index is 1120. The van der Waals surface area contributed by atoms with Crippen molar-refractivity contribution in [2.45, 2.75) is 69.8 Å². The zero-order chi connectivity index (χ0) is 27.0. The molecule has 1 unspecified atom stereocenters. The number of hydrogen-bond donors (Lipinski definition) is 1. The van der Waals surface area contributed by atoms with Gasteiger partial charge in [0.1, 0.15) is 5.76 Å². The summed E-state index contributed by atoms with van der Waals surface area (Å²) >= 11 is 1.80. The van der Waals surface area contributed by atoms with E-state index in [-0.39, 0.29) is 36.2 Å². The quantitative estimate of drug-likeness (QED) is 0.300. The van der Waals surface area contributed by atoms with E-state index in [4.69, 9.17) is 9.15 Å². The molecule has 2 amide bonds. The molecule has 7 nitrogen and oxygen atoms in total. The van der Waals surface area contributed by atoms with Gasteiger partial charge in [-0.2, -0.15) is 0 Å². The summed E-state index contributed by atoms with van der Waals surface area (Å²) in [6.45, 7) is 2.78. The highest BCUT2D eigenvalue weighted by Gasteiger charge is 2.41. The molecule has 2 heterocycles. The summed E-state index contributed by atoms with van der Waals surface area (Å²) in [6.07, 6.45) is 5.09. The Morgan fingerprint density at radius 1 is 1.08 bits per heavy atom. The molecule has 4 rings (SSSR count). The monoisotopic (exact) mass is 537 g/mol. The second-order valence-electron chi connectivity index (χ2n) is 10.0. The van der Waals surface area contributed by atoms with Crippen LogP contribution in [0.5, 0.6) is 0 Å². The average Bonchev–Trinajstić information content (AvgIpc) is 3.66. The smallest absolute Gasteiger partial charge is 0.223 e. The highest BCUT2D eigenvalue weighted by Crippen LogP contribution is 2.44. The number of nitrogens with one attached hydrogen (secondary N) is 1. The standard InChI is InChI=1S/C30H39N3O4S/c1-4-36-29(23-10-6-5-7-11-23)31-27(34)14-15-28(35)33(22-25-12-8-20-37-25)24-16-18-30(19-17-24,32(2)3)26-13-9-21-38-26/h5-13,20-21,24,29H,4,14-19,22H2,1-3H3,(H,31,34). The van der Waals surface area contributed by atoms with Crippen LogP contribution in [-0.4, -0.2) is 48.4 Å². The zero-order valence-electron chi connectivity index (χ0n) is 22.6. The molecule has 0 aliphatic heterocycles. The van der Waals surface area contributed by atoms with Crippen LogP contribution in [-0.2, 0) is 26.4 Å². The van der Waals surface area contributed by atoms with Crippen LogP contribution in [0.3, 0.4) is 0 Å². The summed E-state index contributed by atoms with van der Waals surface area (Å²) < 4.78 is 11.3. The minimum atomic E-state index is -0.530. The number of hydrogen-bond acceptors (Lipinski definition) is 6. The van der Waals surface area contributed by atoms with E-state index in [0.29, 0.717) is 13.2 Å². The molecule has 1 aliphatic rings. The first-order chi connectivity index (χ1) is 18.4. The van der Waals surface area contributed by atoms with Crippen molar-refractivity contribution in [3.63, 3.8) is 0 Å². The lowest BCUT2D eigenvalue weighted by Gasteiger charge is -2.46. The minimum Gasteiger partial charge on any atom is -0.467 e. The maximum Gasteiger partial charge on any atom is 0.223 e. The third-order valence-corrected chi connectivity index (χ3v) is 8.64. The number of rotatable bonds is 12.